The van der Waals surface area contributed by atoms with E-state index in [2.05, 4.69) is 15.9 Å². The van der Waals surface area contributed by atoms with E-state index in [1.165, 1.54) is 0 Å². The smallest absolute Gasteiger partial charge is 0.157 e. The average Bonchev–Trinajstić information content (AvgIpc) is 2.15. The number of aliphatic hydroxyl groups excluding tert-OH is 2. The van der Waals surface area contributed by atoms with Crippen LogP contribution in [-0.4, -0.2) is 37.1 Å². The summed E-state index contributed by atoms with van der Waals surface area (Å²) in [6.45, 7) is -0.544. The number of sulfone groups is 1. The van der Waals surface area contributed by atoms with E-state index in [0.29, 0.717) is 5.56 Å². The van der Waals surface area contributed by atoms with E-state index in [1.54, 1.807) is 24.3 Å². The molecule has 0 unspecified atom stereocenters. The highest BCUT2D eigenvalue weighted by molar-refractivity contribution is 9.10. The van der Waals surface area contributed by atoms with Crippen LogP contribution in [0.1, 0.15) is 5.56 Å². The molecule has 0 saturated carbocycles. The molecule has 16 heavy (non-hydrogen) atoms. The first-order valence-electron chi connectivity index (χ1n) is 4.67. The van der Waals surface area contributed by atoms with Crippen molar-refractivity contribution in [3.8, 4) is 0 Å². The van der Waals surface area contributed by atoms with Crippen molar-refractivity contribution in [2.45, 2.75) is 11.9 Å². The van der Waals surface area contributed by atoms with Crippen molar-refractivity contribution in [2.24, 2.45) is 0 Å². The lowest BCUT2D eigenvalue weighted by Gasteiger charge is -2.08. The Hall–Kier alpha value is -0.430. The first-order valence-corrected chi connectivity index (χ1v) is 7.28. The van der Waals surface area contributed by atoms with Crippen LogP contribution in [0.2, 0.25) is 0 Å². The third-order valence-electron chi connectivity index (χ3n) is 1.93. The second kappa shape index (κ2) is 5.77. The molecule has 0 aromatic heterocycles. The third-order valence-corrected chi connectivity index (χ3v) is 4.09. The standard InChI is InChI=1S/C10H13BrO4S/c11-9-3-1-2-8(4-9)6-16(14,15)7-10(13)5-12/h1-4,10,12-13H,5-7H2/t10-/m1/s1. The van der Waals surface area contributed by atoms with Crippen molar-refractivity contribution in [3.63, 3.8) is 0 Å². The van der Waals surface area contributed by atoms with Gasteiger partial charge >= 0.3 is 0 Å². The Kier molecular flexibility index (Phi) is 4.91. The van der Waals surface area contributed by atoms with Crippen molar-refractivity contribution < 1.29 is 18.6 Å². The van der Waals surface area contributed by atoms with Gasteiger partial charge in [0.1, 0.15) is 0 Å². The molecule has 1 rings (SSSR count). The second-order valence-electron chi connectivity index (χ2n) is 3.52. The molecule has 6 heteroatoms. The zero-order valence-corrected chi connectivity index (χ0v) is 10.9. The predicted octanol–water partition coefficient (Wildman–Crippen LogP) is 0.717. The highest BCUT2D eigenvalue weighted by atomic mass is 79.9. The van der Waals surface area contributed by atoms with Crippen LogP contribution in [0, 0.1) is 0 Å². The molecule has 0 aliphatic carbocycles. The lowest BCUT2D eigenvalue weighted by atomic mass is 10.2. The first-order chi connectivity index (χ1) is 7.43. The Bertz CT molecular complexity index is 444. The number of hydrogen-bond acceptors (Lipinski definition) is 4. The van der Waals surface area contributed by atoms with Gasteiger partial charge in [-0.15, -0.1) is 0 Å². The van der Waals surface area contributed by atoms with Crippen LogP contribution in [0.4, 0.5) is 0 Å². The van der Waals surface area contributed by atoms with Crippen molar-refractivity contribution >= 4 is 25.8 Å². The molecule has 0 fully saturated rings. The Labute approximate surface area is 103 Å². The highest BCUT2D eigenvalue weighted by Crippen LogP contribution is 2.14. The maximum absolute atomic E-state index is 11.6. The Balaban J connectivity index is 2.73. The minimum absolute atomic E-state index is 0.135. The van der Waals surface area contributed by atoms with Gasteiger partial charge in [0.2, 0.25) is 0 Å². The molecule has 0 spiro atoms. The average molecular weight is 309 g/mol. The van der Waals surface area contributed by atoms with Gasteiger partial charge in [-0.3, -0.25) is 0 Å². The molecule has 1 atom stereocenters. The molecule has 1 aromatic carbocycles. The Morgan fingerprint density at radius 3 is 2.62 bits per heavy atom. The normalized spacial score (nSPS) is 13.7. The van der Waals surface area contributed by atoms with Crippen LogP contribution >= 0.6 is 15.9 Å². The van der Waals surface area contributed by atoms with Crippen LogP contribution in [0.5, 0.6) is 0 Å². The van der Waals surface area contributed by atoms with Crippen LogP contribution < -0.4 is 0 Å². The topological polar surface area (TPSA) is 74.6 Å². The highest BCUT2D eigenvalue weighted by Gasteiger charge is 2.17. The molecule has 90 valence electrons. The van der Waals surface area contributed by atoms with Crippen LogP contribution in [0.15, 0.2) is 28.7 Å². The zero-order chi connectivity index (χ0) is 12.2. The van der Waals surface area contributed by atoms with Gasteiger partial charge in [-0.25, -0.2) is 8.42 Å². The minimum Gasteiger partial charge on any atom is -0.394 e. The molecular formula is C10H13BrO4S. The Morgan fingerprint density at radius 2 is 2.06 bits per heavy atom. The van der Waals surface area contributed by atoms with E-state index in [9.17, 15) is 8.42 Å². The van der Waals surface area contributed by atoms with Gasteiger partial charge < -0.3 is 10.2 Å². The van der Waals surface area contributed by atoms with Gasteiger partial charge in [0.05, 0.1) is 24.2 Å². The van der Waals surface area contributed by atoms with E-state index < -0.39 is 28.3 Å². The molecule has 1 aromatic rings. The summed E-state index contributed by atoms with van der Waals surface area (Å²) in [6.07, 6.45) is -1.21. The molecule has 0 radical (unpaired) electrons. The second-order valence-corrected chi connectivity index (χ2v) is 6.55. The number of benzene rings is 1. The fraction of sp³-hybridized carbons (Fsp3) is 0.400. The maximum Gasteiger partial charge on any atom is 0.157 e. The molecular weight excluding hydrogens is 296 g/mol. The van der Waals surface area contributed by atoms with Crippen LogP contribution in [0.25, 0.3) is 0 Å². The molecule has 0 saturated heterocycles. The van der Waals surface area contributed by atoms with Crippen LogP contribution in [-0.2, 0) is 15.6 Å². The molecule has 0 aliphatic rings. The summed E-state index contributed by atoms with van der Waals surface area (Å²) in [5, 5.41) is 17.7. The third kappa shape index (κ3) is 4.61. The molecule has 4 nitrogen and oxygen atoms in total. The van der Waals surface area contributed by atoms with Gasteiger partial charge in [0.15, 0.2) is 9.84 Å². The first kappa shape index (κ1) is 13.6. The quantitative estimate of drug-likeness (QED) is 0.840. The summed E-state index contributed by atoms with van der Waals surface area (Å²) in [7, 11) is -3.39. The molecule has 0 aliphatic heterocycles. The molecule has 0 heterocycles. The number of halogens is 1. The minimum atomic E-state index is -3.39. The number of aliphatic hydroxyl groups is 2. The largest absolute Gasteiger partial charge is 0.394 e. The summed E-state index contributed by atoms with van der Waals surface area (Å²) in [5.74, 6) is -0.556. The molecule has 2 N–H and O–H groups in total. The van der Waals surface area contributed by atoms with E-state index >= 15 is 0 Å². The summed E-state index contributed by atoms with van der Waals surface area (Å²) in [6, 6.07) is 6.96. The summed E-state index contributed by atoms with van der Waals surface area (Å²) in [4.78, 5) is 0. The van der Waals surface area contributed by atoms with Crippen molar-refractivity contribution in [1.29, 1.82) is 0 Å². The van der Waals surface area contributed by atoms with E-state index in [-0.39, 0.29) is 5.75 Å². The monoisotopic (exact) mass is 308 g/mol. The van der Waals surface area contributed by atoms with Crippen LogP contribution in [0.3, 0.4) is 0 Å². The Morgan fingerprint density at radius 1 is 1.38 bits per heavy atom. The van der Waals surface area contributed by atoms with Gasteiger partial charge in [0, 0.05) is 4.47 Å². The SMILES string of the molecule is O=S(=O)(Cc1cccc(Br)c1)C[C@H](O)CO. The zero-order valence-electron chi connectivity index (χ0n) is 8.51. The molecule has 0 bridgehead atoms. The lowest BCUT2D eigenvalue weighted by Crippen LogP contribution is -2.25. The number of rotatable bonds is 5. The molecule has 0 amide bonds. The lowest BCUT2D eigenvalue weighted by molar-refractivity contribution is 0.112. The summed E-state index contributed by atoms with van der Waals surface area (Å²) < 4.78 is 24.0. The predicted molar refractivity (Wildman–Crippen MR) is 64.7 cm³/mol. The summed E-state index contributed by atoms with van der Waals surface area (Å²) >= 11 is 3.25. The maximum atomic E-state index is 11.6. The van der Waals surface area contributed by atoms with Gasteiger partial charge in [-0.05, 0) is 17.7 Å². The van der Waals surface area contributed by atoms with E-state index in [4.69, 9.17) is 10.2 Å². The van der Waals surface area contributed by atoms with Gasteiger partial charge in [0.25, 0.3) is 0 Å². The van der Waals surface area contributed by atoms with Crippen molar-refractivity contribution in [2.75, 3.05) is 12.4 Å². The fourth-order valence-corrected chi connectivity index (χ4v) is 3.23. The van der Waals surface area contributed by atoms with Crippen molar-refractivity contribution in [1.82, 2.24) is 0 Å². The summed E-state index contributed by atoms with van der Waals surface area (Å²) in [5.41, 5.74) is 0.652. The number of hydrogen-bond donors (Lipinski definition) is 2. The van der Waals surface area contributed by atoms with E-state index in [0.717, 1.165) is 4.47 Å². The van der Waals surface area contributed by atoms with E-state index in [1.807, 2.05) is 0 Å². The van der Waals surface area contributed by atoms with Gasteiger partial charge in [-0.1, -0.05) is 28.1 Å². The van der Waals surface area contributed by atoms with Gasteiger partial charge in [-0.2, -0.15) is 0 Å². The fourth-order valence-electron chi connectivity index (χ4n) is 1.29. The van der Waals surface area contributed by atoms with Crippen molar-refractivity contribution in [3.05, 3.63) is 34.3 Å².